The second-order valence-corrected chi connectivity index (χ2v) is 6.73. The lowest BCUT2D eigenvalue weighted by Crippen LogP contribution is -3.00. The molecule has 0 aliphatic carbocycles. The maximum absolute atomic E-state index is 13.0. The van der Waals surface area contributed by atoms with Crippen LogP contribution in [0.25, 0.3) is 11.3 Å². The fourth-order valence-corrected chi connectivity index (χ4v) is 3.49. The largest absolute Gasteiger partial charge is 1.00 e. The molecule has 6 heteroatoms. The zero-order valence-corrected chi connectivity index (χ0v) is 16.7. The summed E-state index contributed by atoms with van der Waals surface area (Å²) in [5, 5.41) is 2.83. The van der Waals surface area contributed by atoms with Gasteiger partial charge in [0.15, 0.2) is 12.2 Å². The number of fused-ring (bicyclic) bond motifs is 1. The van der Waals surface area contributed by atoms with Crippen LogP contribution in [0.1, 0.15) is 17.8 Å². The minimum Gasteiger partial charge on any atom is -1.00 e. The van der Waals surface area contributed by atoms with Gasteiger partial charge < -0.3 is 22.3 Å². The Morgan fingerprint density at radius 1 is 1.15 bits per heavy atom. The van der Waals surface area contributed by atoms with Crippen LogP contribution in [0, 0.1) is 12.7 Å². The number of rotatable bonds is 4. The molecule has 1 N–H and O–H groups in total. The van der Waals surface area contributed by atoms with E-state index in [1.807, 2.05) is 4.57 Å². The molecule has 1 aliphatic heterocycles. The van der Waals surface area contributed by atoms with Crippen molar-refractivity contribution < 1.29 is 30.7 Å². The summed E-state index contributed by atoms with van der Waals surface area (Å²) in [7, 11) is 0. The van der Waals surface area contributed by atoms with E-state index in [4.69, 9.17) is 0 Å². The molecule has 0 bridgehead atoms. The van der Waals surface area contributed by atoms with Crippen molar-refractivity contribution in [3.63, 3.8) is 0 Å². The summed E-state index contributed by atoms with van der Waals surface area (Å²) >= 11 is 0. The number of anilines is 1. The van der Waals surface area contributed by atoms with E-state index >= 15 is 0 Å². The summed E-state index contributed by atoms with van der Waals surface area (Å²) < 4.78 is 17.3. The molecular weight excluding hydrogens is 409 g/mol. The van der Waals surface area contributed by atoms with Crippen LogP contribution in [-0.4, -0.2) is 10.5 Å². The minimum absolute atomic E-state index is 0. The fraction of sp³-hybridized carbons (Fsp3) is 0.238. The van der Waals surface area contributed by atoms with Gasteiger partial charge in [0, 0.05) is 11.3 Å². The summed E-state index contributed by atoms with van der Waals surface area (Å²) in [5.41, 5.74) is 4.14. The molecular formula is C21H21BrFN3O. The molecule has 1 aromatic heterocycles. The number of carbonyl (C=O) groups is 1. The van der Waals surface area contributed by atoms with Crippen molar-refractivity contribution in [2.24, 2.45) is 0 Å². The van der Waals surface area contributed by atoms with Gasteiger partial charge in [-0.15, -0.1) is 0 Å². The Morgan fingerprint density at radius 3 is 2.56 bits per heavy atom. The molecule has 0 unspecified atom stereocenters. The number of hydrogen-bond donors (Lipinski definition) is 1. The van der Waals surface area contributed by atoms with Gasteiger partial charge in [-0.25, -0.2) is 13.5 Å². The van der Waals surface area contributed by atoms with E-state index in [9.17, 15) is 9.18 Å². The van der Waals surface area contributed by atoms with Gasteiger partial charge in [0.1, 0.15) is 12.0 Å². The number of imidazole rings is 1. The number of nitrogens with zero attached hydrogens (tertiary/aromatic N) is 2. The molecule has 0 saturated heterocycles. The molecule has 0 atom stereocenters. The van der Waals surface area contributed by atoms with Crippen molar-refractivity contribution in [1.29, 1.82) is 0 Å². The smallest absolute Gasteiger partial charge is 0.266 e. The van der Waals surface area contributed by atoms with Crippen LogP contribution in [0.15, 0.2) is 54.7 Å². The van der Waals surface area contributed by atoms with E-state index < -0.39 is 0 Å². The Bertz CT molecular complexity index is 949. The highest BCUT2D eigenvalue weighted by molar-refractivity contribution is 5.89. The Morgan fingerprint density at radius 2 is 1.85 bits per heavy atom. The van der Waals surface area contributed by atoms with E-state index in [0.29, 0.717) is 5.69 Å². The maximum Gasteiger partial charge on any atom is 0.266 e. The predicted octanol–water partition coefficient (Wildman–Crippen LogP) is 0.479. The number of benzene rings is 2. The van der Waals surface area contributed by atoms with Crippen LogP contribution in [0.2, 0.25) is 0 Å². The zero-order valence-electron chi connectivity index (χ0n) is 15.1. The molecule has 0 radical (unpaired) electrons. The first kappa shape index (κ1) is 19.3. The average molecular weight is 430 g/mol. The number of hydrogen-bond acceptors (Lipinski definition) is 1. The maximum atomic E-state index is 13.0. The number of carbonyl (C=O) groups excluding carboxylic acids is 1. The van der Waals surface area contributed by atoms with Crippen molar-refractivity contribution >= 4 is 11.6 Å². The third kappa shape index (κ3) is 4.11. The second-order valence-electron chi connectivity index (χ2n) is 6.73. The first-order chi connectivity index (χ1) is 12.6. The lowest BCUT2D eigenvalue weighted by atomic mass is 10.1. The normalized spacial score (nSPS) is 12.4. The van der Waals surface area contributed by atoms with Gasteiger partial charge >= 0.3 is 0 Å². The first-order valence-electron chi connectivity index (χ1n) is 8.84. The molecule has 3 aromatic rings. The molecule has 1 amide bonds. The zero-order chi connectivity index (χ0) is 18.1. The number of aryl methyl sites for hydroxylation is 1. The number of amides is 1. The highest BCUT2D eigenvalue weighted by Crippen LogP contribution is 2.25. The fourth-order valence-electron chi connectivity index (χ4n) is 3.49. The molecule has 1 aliphatic rings. The van der Waals surface area contributed by atoms with E-state index in [0.717, 1.165) is 30.6 Å². The van der Waals surface area contributed by atoms with Gasteiger partial charge in [-0.2, -0.15) is 0 Å². The Labute approximate surface area is 168 Å². The van der Waals surface area contributed by atoms with Crippen LogP contribution >= 0.6 is 0 Å². The van der Waals surface area contributed by atoms with Crippen molar-refractivity contribution in [2.75, 3.05) is 5.32 Å². The Balaban J connectivity index is 0.00000210. The molecule has 2 heterocycles. The van der Waals surface area contributed by atoms with Crippen LogP contribution in [0.3, 0.4) is 0 Å². The van der Waals surface area contributed by atoms with E-state index in [1.165, 1.54) is 23.5 Å². The lowest BCUT2D eigenvalue weighted by Gasteiger charge is -2.04. The summed E-state index contributed by atoms with van der Waals surface area (Å²) in [5.74, 6) is 0.748. The molecule has 4 rings (SSSR count). The molecule has 2 aromatic carbocycles. The van der Waals surface area contributed by atoms with E-state index in [1.54, 1.807) is 12.1 Å². The van der Waals surface area contributed by atoms with Gasteiger partial charge in [0.25, 0.3) is 11.7 Å². The van der Waals surface area contributed by atoms with Gasteiger partial charge in [-0.3, -0.25) is 4.79 Å². The molecule has 140 valence electrons. The van der Waals surface area contributed by atoms with E-state index in [2.05, 4.69) is 47.3 Å². The van der Waals surface area contributed by atoms with Crippen molar-refractivity contribution in [2.45, 2.75) is 32.9 Å². The summed E-state index contributed by atoms with van der Waals surface area (Å²) in [6.07, 6.45) is 4.12. The Hall–Kier alpha value is -2.47. The van der Waals surface area contributed by atoms with Crippen LogP contribution in [-0.2, 0) is 24.3 Å². The first-order valence-corrected chi connectivity index (χ1v) is 8.84. The molecule has 4 nitrogen and oxygen atoms in total. The van der Waals surface area contributed by atoms with Gasteiger partial charge in [0.2, 0.25) is 0 Å². The van der Waals surface area contributed by atoms with E-state index in [-0.39, 0.29) is 35.3 Å². The van der Waals surface area contributed by atoms with Crippen LogP contribution < -0.4 is 26.9 Å². The van der Waals surface area contributed by atoms with Crippen molar-refractivity contribution in [3.8, 4) is 11.3 Å². The van der Waals surface area contributed by atoms with Crippen LogP contribution in [0.5, 0.6) is 0 Å². The van der Waals surface area contributed by atoms with Gasteiger partial charge in [-0.05, 0) is 37.6 Å². The molecule has 0 spiro atoms. The molecule has 0 saturated carbocycles. The minimum atomic E-state index is -0.314. The monoisotopic (exact) mass is 429 g/mol. The Kier molecular flexibility index (Phi) is 5.75. The van der Waals surface area contributed by atoms with Gasteiger partial charge in [0.05, 0.1) is 13.0 Å². The highest BCUT2D eigenvalue weighted by atomic mass is 79.9. The number of aromatic nitrogens is 2. The SMILES string of the molecule is Cc1ccc(-c2c[n+](CC(=O)Nc3ccc(F)cc3)c3n2CCC3)cc1.[Br-]. The highest BCUT2D eigenvalue weighted by Gasteiger charge is 2.29. The standard InChI is InChI=1S/C21H20FN3O.BrH/c1-15-4-6-16(7-5-15)19-13-24(21-3-2-12-25(19)21)14-20(26)23-18-10-8-17(22)9-11-18;/h4-11,13H,2-3,12,14H2,1H3;1H. The number of nitrogens with one attached hydrogen (secondary N) is 1. The third-order valence-electron chi connectivity index (χ3n) is 4.78. The summed E-state index contributed by atoms with van der Waals surface area (Å²) in [4.78, 5) is 12.4. The topological polar surface area (TPSA) is 37.9 Å². The summed E-state index contributed by atoms with van der Waals surface area (Å²) in [6.45, 7) is 3.30. The molecule has 0 fully saturated rings. The second kappa shape index (κ2) is 8.05. The molecule has 27 heavy (non-hydrogen) atoms. The average Bonchev–Trinajstić information content (AvgIpc) is 3.22. The van der Waals surface area contributed by atoms with Crippen LogP contribution in [0.4, 0.5) is 10.1 Å². The van der Waals surface area contributed by atoms with Crippen molar-refractivity contribution in [1.82, 2.24) is 4.57 Å². The number of halogens is 2. The van der Waals surface area contributed by atoms with Crippen molar-refractivity contribution in [3.05, 3.63) is 71.9 Å². The lowest BCUT2D eigenvalue weighted by molar-refractivity contribution is -0.690. The summed E-state index contributed by atoms with van der Waals surface area (Å²) in [6, 6.07) is 14.3. The predicted molar refractivity (Wildman–Crippen MR) is 98.2 cm³/mol. The third-order valence-corrected chi connectivity index (χ3v) is 4.78. The quantitative estimate of drug-likeness (QED) is 0.601. The van der Waals surface area contributed by atoms with Gasteiger partial charge in [-0.1, -0.05) is 29.8 Å².